The van der Waals surface area contributed by atoms with Gasteiger partial charge in [-0.05, 0) is 35.1 Å². The summed E-state index contributed by atoms with van der Waals surface area (Å²) in [6.45, 7) is 8.00. The van der Waals surface area contributed by atoms with Gasteiger partial charge in [0.15, 0.2) is 6.61 Å². The number of benzene rings is 2. The van der Waals surface area contributed by atoms with Crippen molar-refractivity contribution in [2.75, 3.05) is 6.61 Å². The second-order valence-electron chi connectivity index (χ2n) is 8.27. The van der Waals surface area contributed by atoms with Crippen LogP contribution in [-0.4, -0.2) is 28.3 Å². The zero-order chi connectivity index (χ0) is 22.5. The van der Waals surface area contributed by atoms with Gasteiger partial charge in [-0.3, -0.25) is 14.4 Å². The molecular formula is C25H28N2O4. The van der Waals surface area contributed by atoms with Gasteiger partial charge in [0.1, 0.15) is 5.82 Å². The Balaban J connectivity index is 1.61. The Morgan fingerprint density at radius 3 is 2.48 bits per heavy atom. The number of nitrogens with one attached hydrogen (secondary N) is 1. The SMILES string of the molecule is CC(C)c1ccc(C(=O)COC(=O)CCc2nc3ccccc3c(=O)[nH]2)c(C(C)C)c1. The molecule has 0 spiro atoms. The summed E-state index contributed by atoms with van der Waals surface area (Å²) >= 11 is 0. The van der Waals surface area contributed by atoms with Crippen molar-refractivity contribution in [3.63, 3.8) is 0 Å². The fourth-order valence-electron chi connectivity index (χ4n) is 3.44. The minimum Gasteiger partial charge on any atom is -0.457 e. The molecule has 0 bridgehead atoms. The van der Waals surface area contributed by atoms with Crippen LogP contribution in [0.25, 0.3) is 10.9 Å². The first-order valence-corrected chi connectivity index (χ1v) is 10.6. The largest absolute Gasteiger partial charge is 0.457 e. The van der Waals surface area contributed by atoms with Crippen molar-refractivity contribution >= 4 is 22.7 Å². The van der Waals surface area contributed by atoms with Gasteiger partial charge in [0, 0.05) is 12.0 Å². The van der Waals surface area contributed by atoms with E-state index < -0.39 is 5.97 Å². The Bertz CT molecular complexity index is 1160. The number of carbonyl (C=O) groups excluding carboxylic acids is 2. The number of aromatic nitrogens is 2. The van der Waals surface area contributed by atoms with Crippen molar-refractivity contribution in [1.29, 1.82) is 0 Å². The van der Waals surface area contributed by atoms with Crippen LogP contribution in [0.2, 0.25) is 0 Å². The standard InChI is InChI=1S/C25H28N2O4/c1-15(2)17-9-10-18(20(13-17)16(3)4)22(28)14-31-24(29)12-11-23-26-21-8-6-5-7-19(21)25(30)27-23/h5-10,13,15-16H,11-12,14H2,1-4H3,(H,26,27,30). The van der Waals surface area contributed by atoms with E-state index in [-0.39, 0.29) is 36.7 Å². The maximum absolute atomic E-state index is 12.7. The second-order valence-corrected chi connectivity index (χ2v) is 8.27. The van der Waals surface area contributed by atoms with Crippen LogP contribution in [-0.2, 0) is 16.0 Å². The molecule has 0 aliphatic heterocycles. The van der Waals surface area contributed by atoms with Crippen LogP contribution in [0.1, 0.15) is 73.3 Å². The predicted octanol–water partition coefficient (Wildman–Crippen LogP) is 4.53. The molecule has 1 N–H and O–H groups in total. The van der Waals surface area contributed by atoms with Crippen LogP contribution in [0.5, 0.6) is 0 Å². The van der Waals surface area contributed by atoms with Crippen molar-refractivity contribution < 1.29 is 14.3 Å². The highest BCUT2D eigenvalue weighted by Gasteiger charge is 2.17. The molecule has 1 aromatic heterocycles. The molecule has 0 saturated carbocycles. The number of hydrogen-bond acceptors (Lipinski definition) is 5. The lowest BCUT2D eigenvalue weighted by Crippen LogP contribution is -2.18. The van der Waals surface area contributed by atoms with E-state index >= 15 is 0 Å². The van der Waals surface area contributed by atoms with E-state index in [1.165, 1.54) is 5.56 Å². The molecule has 3 rings (SSSR count). The lowest BCUT2D eigenvalue weighted by Gasteiger charge is -2.15. The molecular weight excluding hydrogens is 392 g/mol. The van der Waals surface area contributed by atoms with Crippen LogP contribution >= 0.6 is 0 Å². The van der Waals surface area contributed by atoms with Gasteiger partial charge in [-0.25, -0.2) is 4.98 Å². The molecule has 1 heterocycles. The molecule has 0 fully saturated rings. The van der Waals surface area contributed by atoms with Gasteiger partial charge in [-0.15, -0.1) is 0 Å². The molecule has 0 amide bonds. The third-order valence-corrected chi connectivity index (χ3v) is 5.26. The number of carbonyl (C=O) groups is 2. The number of ketones is 1. The molecule has 6 heteroatoms. The van der Waals surface area contributed by atoms with Gasteiger partial charge in [0.25, 0.3) is 5.56 Å². The van der Waals surface area contributed by atoms with Crippen molar-refractivity contribution in [3.8, 4) is 0 Å². The second kappa shape index (κ2) is 9.69. The summed E-state index contributed by atoms with van der Waals surface area (Å²) in [4.78, 5) is 44.0. The molecule has 0 unspecified atom stereocenters. The number of fused-ring (bicyclic) bond motifs is 1. The van der Waals surface area contributed by atoms with Crippen LogP contribution in [0.15, 0.2) is 47.3 Å². The Morgan fingerprint density at radius 2 is 1.77 bits per heavy atom. The fourth-order valence-corrected chi connectivity index (χ4v) is 3.44. The zero-order valence-electron chi connectivity index (χ0n) is 18.4. The summed E-state index contributed by atoms with van der Waals surface area (Å²) in [6, 6.07) is 12.9. The third-order valence-electron chi connectivity index (χ3n) is 5.26. The average Bonchev–Trinajstić information content (AvgIpc) is 2.75. The third kappa shape index (κ3) is 5.45. The molecule has 162 valence electrons. The first-order chi connectivity index (χ1) is 14.8. The van der Waals surface area contributed by atoms with Gasteiger partial charge in [-0.2, -0.15) is 0 Å². The molecule has 6 nitrogen and oxygen atoms in total. The monoisotopic (exact) mass is 420 g/mol. The molecule has 0 atom stereocenters. The van der Waals surface area contributed by atoms with Crippen LogP contribution in [0.3, 0.4) is 0 Å². The number of Topliss-reactive ketones (excluding diaryl/α,β-unsaturated/α-hetero) is 1. The lowest BCUT2D eigenvalue weighted by molar-refractivity contribution is -0.142. The van der Waals surface area contributed by atoms with E-state index in [9.17, 15) is 14.4 Å². The zero-order valence-corrected chi connectivity index (χ0v) is 18.4. The molecule has 2 aromatic carbocycles. The minimum absolute atomic E-state index is 0.0257. The van der Waals surface area contributed by atoms with Gasteiger partial charge < -0.3 is 9.72 Å². The van der Waals surface area contributed by atoms with Crippen molar-refractivity contribution in [2.24, 2.45) is 0 Å². The van der Waals surface area contributed by atoms with Gasteiger partial charge >= 0.3 is 5.97 Å². The van der Waals surface area contributed by atoms with E-state index in [1.54, 1.807) is 24.3 Å². The predicted molar refractivity (Wildman–Crippen MR) is 121 cm³/mol. The number of para-hydroxylation sites is 1. The quantitative estimate of drug-likeness (QED) is 0.427. The number of ether oxygens (including phenoxy) is 1. The minimum atomic E-state index is -0.506. The highest BCUT2D eigenvalue weighted by atomic mass is 16.5. The van der Waals surface area contributed by atoms with Gasteiger partial charge in [-0.1, -0.05) is 58.0 Å². The Hall–Kier alpha value is -3.28. The summed E-state index contributed by atoms with van der Waals surface area (Å²) in [6.07, 6.45) is 0.255. The Kier molecular flexibility index (Phi) is 7.00. The highest BCUT2D eigenvalue weighted by molar-refractivity contribution is 5.99. The summed E-state index contributed by atoms with van der Waals surface area (Å²) in [7, 11) is 0. The number of aromatic amines is 1. The highest BCUT2D eigenvalue weighted by Crippen LogP contribution is 2.25. The summed E-state index contributed by atoms with van der Waals surface area (Å²) in [5, 5.41) is 0.504. The van der Waals surface area contributed by atoms with Gasteiger partial charge in [0.05, 0.1) is 17.3 Å². The molecule has 3 aromatic rings. The molecule has 0 saturated heterocycles. The number of aryl methyl sites for hydroxylation is 1. The maximum atomic E-state index is 12.7. The topological polar surface area (TPSA) is 89.1 Å². The summed E-state index contributed by atoms with van der Waals surface area (Å²) < 4.78 is 5.20. The number of nitrogens with zero attached hydrogens (tertiary/aromatic N) is 1. The fraction of sp³-hybridized carbons (Fsp3) is 0.360. The maximum Gasteiger partial charge on any atom is 0.306 e. The Morgan fingerprint density at radius 1 is 1.03 bits per heavy atom. The number of H-pyrrole nitrogens is 1. The molecule has 0 radical (unpaired) electrons. The normalized spacial score (nSPS) is 11.3. The van der Waals surface area contributed by atoms with E-state index in [2.05, 4.69) is 29.9 Å². The van der Waals surface area contributed by atoms with Crippen LogP contribution < -0.4 is 5.56 Å². The van der Waals surface area contributed by atoms with Crippen LogP contribution in [0, 0.1) is 0 Å². The number of rotatable bonds is 8. The number of hydrogen-bond donors (Lipinski definition) is 1. The summed E-state index contributed by atoms with van der Waals surface area (Å²) in [5.41, 5.74) is 3.07. The first-order valence-electron chi connectivity index (χ1n) is 10.6. The van der Waals surface area contributed by atoms with Crippen LogP contribution in [0.4, 0.5) is 0 Å². The van der Waals surface area contributed by atoms with Crippen molar-refractivity contribution in [3.05, 3.63) is 75.3 Å². The molecule has 0 aliphatic rings. The average molecular weight is 421 g/mol. The molecule has 0 aliphatic carbocycles. The number of esters is 1. The Labute approximate surface area is 181 Å². The summed E-state index contributed by atoms with van der Waals surface area (Å²) in [5.74, 6) is 0.246. The molecule has 31 heavy (non-hydrogen) atoms. The lowest BCUT2D eigenvalue weighted by atomic mass is 9.90. The van der Waals surface area contributed by atoms with Gasteiger partial charge in [0.2, 0.25) is 5.78 Å². The van der Waals surface area contributed by atoms with E-state index in [1.807, 2.05) is 26.0 Å². The van der Waals surface area contributed by atoms with Crippen molar-refractivity contribution in [1.82, 2.24) is 9.97 Å². The van der Waals surface area contributed by atoms with E-state index in [4.69, 9.17) is 4.74 Å². The van der Waals surface area contributed by atoms with E-state index in [0.29, 0.717) is 28.2 Å². The van der Waals surface area contributed by atoms with E-state index in [0.717, 1.165) is 5.56 Å². The van der Waals surface area contributed by atoms with Crippen molar-refractivity contribution in [2.45, 2.75) is 52.4 Å². The smallest absolute Gasteiger partial charge is 0.306 e. The first kappa shape index (κ1) is 22.4.